The van der Waals surface area contributed by atoms with Gasteiger partial charge in [0.25, 0.3) is 0 Å². The van der Waals surface area contributed by atoms with Gasteiger partial charge in [0.05, 0.1) is 20.8 Å². The fraction of sp³-hybridized carbons (Fsp3) is 0.485. The average Bonchev–Trinajstić information content (AvgIpc) is 3.71. The summed E-state index contributed by atoms with van der Waals surface area (Å²) in [7, 11) is 0. The molecule has 1 N–H and O–H groups in total. The van der Waals surface area contributed by atoms with E-state index in [9.17, 15) is 4.79 Å². The van der Waals surface area contributed by atoms with Crippen molar-refractivity contribution in [2.24, 2.45) is 5.92 Å². The molecule has 3 fully saturated rings. The third-order valence-electron chi connectivity index (χ3n) is 9.56. The molecule has 7 rings (SSSR count). The summed E-state index contributed by atoms with van der Waals surface area (Å²) in [5.41, 5.74) is 2.73. The van der Waals surface area contributed by atoms with Gasteiger partial charge in [0.2, 0.25) is 0 Å². The number of rotatable bonds is 6. The number of piperazine rings is 2. The summed E-state index contributed by atoms with van der Waals surface area (Å²) in [4.78, 5) is 22.8. The minimum atomic E-state index is 0.138. The first-order valence-electron chi connectivity index (χ1n) is 15.4. The van der Waals surface area contributed by atoms with Crippen LogP contribution in [0.2, 0.25) is 0 Å². The maximum absolute atomic E-state index is 13.1. The summed E-state index contributed by atoms with van der Waals surface area (Å²) in [6.07, 6.45) is 6.01. The minimum absolute atomic E-state index is 0.138. The van der Waals surface area contributed by atoms with E-state index < -0.39 is 0 Å². The summed E-state index contributed by atoms with van der Waals surface area (Å²) in [5.74, 6) is 0.796. The Balaban J connectivity index is 0.811. The summed E-state index contributed by atoms with van der Waals surface area (Å²) < 4.78 is 2.79. The number of amides is 2. The molecule has 0 radical (unpaired) electrons. The van der Waals surface area contributed by atoms with Crippen molar-refractivity contribution in [3.05, 3.63) is 59.3 Å². The maximum atomic E-state index is 13.1. The van der Waals surface area contributed by atoms with E-state index in [-0.39, 0.29) is 6.03 Å². The molecule has 1 aliphatic carbocycles. The number of benzene rings is 2. The fourth-order valence-corrected chi connectivity index (χ4v) is 8.92. The van der Waals surface area contributed by atoms with Gasteiger partial charge in [-0.2, -0.15) is 0 Å². The molecular formula is C33H41N5OS2. The van der Waals surface area contributed by atoms with Gasteiger partial charge in [-0.15, -0.1) is 22.7 Å². The number of urea groups is 1. The molecule has 0 bridgehead atoms. The molecule has 8 heteroatoms. The molecule has 41 heavy (non-hydrogen) atoms. The van der Waals surface area contributed by atoms with Crippen LogP contribution in [-0.4, -0.2) is 80.8 Å². The Morgan fingerprint density at radius 2 is 1.27 bits per heavy atom. The van der Waals surface area contributed by atoms with Crippen molar-refractivity contribution in [3.63, 3.8) is 0 Å². The SMILES string of the molecule is O=C(N[C@H]1CC[C@H](CCN2CCN(c3cccc4ccsc34)CC2)CC1)N1CCN(c2cccc3ccsc23)CC1. The number of carbonyl (C=O) groups is 1. The molecule has 0 unspecified atom stereocenters. The lowest BCUT2D eigenvalue weighted by atomic mass is 9.84. The minimum Gasteiger partial charge on any atom is -0.368 e. The molecule has 2 saturated heterocycles. The lowest BCUT2D eigenvalue weighted by Gasteiger charge is -2.38. The zero-order valence-electron chi connectivity index (χ0n) is 23.8. The van der Waals surface area contributed by atoms with Crippen LogP contribution < -0.4 is 15.1 Å². The van der Waals surface area contributed by atoms with Crippen molar-refractivity contribution in [2.45, 2.75) is 38.1 Å². The van der Waals surface area contributed by atoms with E-state index in [1.807, 2.05) is 27.6 Å². The van der Waals surface area contributed by atoms with Crippen LogP contribution >= 0.6 is 22.7 Å². The van der Waals surface area contributed by atoms with Gasteiger partial charge in [-0.25, -0.2) is 4.79 Å². The van der Waals surface area contributed by atoms with Gasteiger partial charge in [0, 0.05) is 58.4 Å². The molecule has 2 aromatic carbocycles. The quantitative estimate of drug-likeness (QED) is 0.272. The van der Waals surface area contributed by atoms with Crippen molar-refractivity contribution >= 4 is 60.3 Å². The number of hydrogen-bond acceptors (Lipinski definition) is 6. The monoisotopic (exact) mass is 587 g/mol. The van der Waals surface area contributed by atoms with E-state index in [0.29, 0.717) is 6.04 Å². The first kappa shape index (κ1) is 27.0. The molecular weight excluding hydrogens is 547 g/mol. The molecule has 216 valence electrons. The van der Waals surface area contributed by atoms with Crippen LogP contribution in [0, 0.1) is 5.92 Å². The largest absolute Gasteiger partial charge is 0.368 e. The first-order chi connectivity index (χ1) is 20.2. The van der Waals surface area contributed by atoms with Crippen molar-refractivity contribution < 1.29 is 4.79 Å². The summed E-state index contributed by atoms with van der Waals surface area (Å²) in [6, 6.07) is 18.2. The number of thiophene rings is 2. The van der Waals surface area contributed by atoms with E-state index in [0.717, 1.165) is 71.1 Å². The second kappa shape index (κ2) is 12.2. The predicted octanol–water partition coefficient (Wildman–Crippen LogP) is 6.72. The standard InChI is InChI=1S/C33H41N5OS2/c39-33(38-21-19-37(20-22-38)30-6-2-4-27-13-24-41-32(27)30)34-28-9-7-25(8-10-28)11-14-35-15-17-36(18-16-35)29-5-1-3-26-12-23-40-31(26)29/h1-6,12-13,23-25,28H,7-11,14-22H2,(H,34,39)/t25-,28-. The second-order valence-corrected chi connectivity index (χ2v) is 13.8. The van der Waals surface area contributed by atoms with Crippen molar-refractivity contribution in [2.75, 3.05) is 68.7 Å². The lowest BCUT2D eigenvalue weighted by Crippen LogP contribution is -2.54. The van der Waals surface area contributed by atoms with Gasteiger partial charge in [-0.3, -0.25) is 4.90 Å². The number of nitrogens with zero attached hydrogens (tertiary/aromatic N) is 4. The predicted molar refractivity (Wildman–Crippen MR) is 175 cm³/mol. The third kappa shape index (κ3) is 5.92. The number of nitrogens with one attached hydrogen (secondary N) is 1. The number of carbonyl (C=O) groups excluding carboxylic acids is 1. The molecule has 0 spiro atoms. The lowest BCUT2D eigenvalue weighted by molar-refractivity contribution is 0.179. The molecule has 6 nitrogen and oxygen atoms in total. The molecule has 2 aliphatic heterocycles. The Labute approximate surface area is 251 Å². The van der Waals surface area contributed by atoms with Gasteiger partial charge in [0.15, 0.2) is 0 Å². The Bertz CT molecular complexity index is 1460. The number of hydrogen-bond donors (Lipinski definition) is 1. The third-order valence-corrected chi connectivity index (χ3v) is 11.5. The van der Waals surface area contributed by atoms with Crippen molar-refractivity contribution in [1.82, 2.24) is 15.1 Å². The van der Waals surface area contributed by atoms with Crippen LogP contribution in [0.4, 0.5) is 16.2 Å². The maximum Gasteiger partial charge on any atom is 0.317 e. The van der Waals surface area contributed by atoms with Gasteiger partial charge >= 0.3 is 6.03 Å². The first-order valence-corrected chi connectivity index (χ1v) is 17.2. The van der Waals surface area contributed by atoms with Crippen molar-refractivity contribution in [3.8, 4) is 0 Å². The highest BCUT2D eigenvalue weighted by molar-refractivity contribution is 7.18. The highest BCUT2D eigenvalue weighted by Crippen LogP contribution is 2.33. The van der Waals surface area contributed by atoms with E-state index in [1.165, 1.54) is 57.4 Å². The molecule has 2 amide bonds. The smallest absolute Gasteiger partial charge is 0.317 e. The summed E-state index contributed by atoms with van der Waals surface area (Å²) in [6.45, 7) is 9.14. The Morgan fingerprint density at radius 3 is 1.85 bits per heavy atom. The van der Waals surface area contributed by atoms with Gasteiger partial charge in [-0.05, 0) is 90.4 Å². The van der Waals surface area contributed by atoms with E-state index in [1.54, 1.807) is 0 Å². The fourth-order valence-electron chi connectivity index (χ4n) is 7.04. The normalized spacial score (nSPS) is 22.5. The summed E-state index contributed by atoms with van der Waals surface area (Å²) >= 11 is 3.67. The zero-order valence-corrected chi connectivity index (χ0v) is 25.5. The van der Waals surface area contributed by atoms with Crippen molar-refractivity contribution in [1.29, 1.82) is 0 Å². The van der Waals surface area contributed by atoms with Crippen LogP contribution in [0.3, 0.4) is 0 Å². The number of fused-ring (bicyclic) bond motifs is 2. The van der Waals surface area contributed by atoms with Crippen LogP contribution in [0.15, 0.2) is 59.3 Å². The average molecular weight is 588 g/mol. The van der Waals surface area contributed by atoms with Crippen LogP contribution in [0.5, 0.6) is 0 Å². The molecule has 2 aromatic heterocycles. The molecule has 1 saturated carbocycles. The van der Waals surface area contributed by atoms with Gasteiger partial charge in [0.1, 0.15) is 0 Å². The van der Waals surface area contributed by atoms with Crippen LogP contribution in [0.1, 0.15) is 32.1 Å². The molecule has 4 aromatic rings. The van der Waals surface area contributed by atoms with E-state index >= 15 is 0 Å². The highest BCUT2D eigenvalue weighted by Gasteiger charge is 2.27. The molecule has 3 aliphatic rings. The van der Waals surface area contributed by atoms with Gasteiger partial charge in [-0.1, -0.05) is 24.3 Å². The molecule has 0 atom stereocenters. The molecule has 4 heterocycles. The second-order valence-electron chi connectivity index (χ2n) is 12.0. The summed E-state index contributed by atoms with van der Waals surface area (Å²) in [5, 5.41) is 10.4. The Kier molecular flexibility index (Phi) is 8.05. The van der Waals surface area contributed by atoms with E-state index in [2.05, 4.69) is 79.3 Å². The van der Waals surface area contributed by atoms with Gasteiger partial charge < -0.3 is 20.0 Å². The van der Waals surface area contributed by atoms with Crippen LogP contribution in [-0.2, 0) is 0 Å². The Morgan fingerprint density at radius 1 is 0.707 bits per heavy atom. The number of anilines is 2. The topological polar surface area (TPSA) is 42.1 Å². The highest BCUT2D eigenvalue weighted by atomic mass is 32.1. The zero-order chi connectivity index (χ0) is 27.6. The Hall–Kier alpha value is -2.81. The van der Waals surface area contributed by atoms with Crippen LogP contribution in [0.25, 0.3) is 20.2 Å². The van der Waals surface area contributed by atoms with E-state index in [4.69, 9.17) is 0 Å².